The van der Waals surface area contributed by atoms with Gasteiger partial charge in [-0.1, -0.05) is 54.1 Å². The Labute approximate surface area is 257 Å². The lowest BCUT2D eigenvalue weighted by Gasteiger charge is -2.39. The summed E-state index contributed by atoms with van der Waals surface area (Å²) in [4.78, 5) is 34.4. The van der Waals surface area contributed by atoms with Crippen LogP contribution in [0.1, 0.15) is 31.2 Å². The van der Waals surface area contributed by atoms with E-state index in [-0.39, 0.29) is 48.6 Å². The summed E-state index contributed by atoms with van der Waals surface area (Å²) in [6, 6.07) is 23.4. The summed E-state index contributed by atoms with van der Waals surface area (Å²) in [6.45, 7) is 1.80. The number of ether oxygens (including phenoxy) is 1. The Bertz CT molecular complexity index is 1660. The summed E-state index contributed by atoms with van der Waals surface area (Å²) in [6.07, 6.45) is 4.76. The summed E-state index contributed by atoms with van der Waals surface area (Å²) in [7, 11) is -3.72. The molecule has 224 valence electrons. The van der Waals surface area contributed by atoms with E-state index >= 15 is 0 Å². The molecule has 8 nitrogen and oxygen atoms in total. The summed E-state index contributed by atoms with van der Waals surface area (Å²) in [5.41, 5.74) is 1.95. The molecular formula is C33H34ClN3O5S. The van der Waals surface area contributed by atoms with E-state index in [0.29, 0.717) is 17.9 Å². The number of aromatic nitrogens is 1. The Balaban J connectivity index is 1.24. The molecule has 0 atom stereocenters. The minimum absolute atomic E-state index is 0.0309. The SMILES string of the molecule is O=C(CCN(C(=O)CCS(=O)(=O)c1ccc2cc(Cl)ccc2c1)C1CCN(c2ccncc2)CC1)OCc1ccccc1. The standard InChI is InChI=1S/C33H34ClN3O5S/c34-28-8-6-27-23-31(9-7-26(27)22-28)43(40,41)21-15-32(38)37(20-14-33(39)42-24-25-4-2-1-3-5-25)30-12-18-36(19-13-30)29-10-16-35-17-11-29/h1-11,16-17,22-23,30H,12-15,18-21,24H2. The fraction of sp³-hybridized carbons (Fsp3) is 0.303. The number of halogens is 1. The zero-order chi connectivity index (χ0) is 30.2. The number of carbonyl (C=O) groups excluding carboxylic acids is 2. The monoisotopic (exact) mass is 619 g/mol. The summed E-state index contributed by atoms with van der Waals surface area (Å²) >= 11 is 6.06. The van der Waals surface area contributed by atoms with Gasteiger partial charge in [-0.25, -0.2) is 8.42 Å². The van der Waals surface area contributed by atoms with Gasteiger partial charge in [-0.2, -0.15) is 0 Å². The van der Waals surface area contributed by atoms with Crippen molar-refractivity contribution in [2.45, 2.75) is 43.2 Å². The molecule has 1 saturated heterocycles. The number of carbonyl (C=O) groups is 2. The zero-order valence-corrected chi connectivity index (χ0v) is 25.3. The number of amides is 1. The smallest absolute Gasteiger partial charge is 0.307 e. The van der Waals surface area contributed by atoms with Crippen LogP contribution in [0.15, 0.2) is 96.2 Å². The van der Waals surface area contributed by atoms with Crippen LogP contribution in [0.25, 0.3) is 10.8 Å². The molecule has 43 heavy (non-hydrogen) atoms. The molecule has 0 spiro atoms. The van der Waals surface area contributed by atoms with Gasteiger partial charge in [-0.15, -0.1) is 0 Å². The van der Waals surface area contributed by atoms with Gasteiger partial charge in [0, 0.05) is 55.2 Å². The van der Waals surface area contributed by atoms with Gasteiger partial charge in [-0.05, 0) is 65.6 Å². The van der Waals surface area contributed by atoms with E-state index in [1.54, 1.807) is 53.7 Å². The number of sulfone groups is 1. The lowest BCUT2D eigenvalue weighted by Crippen LogP contribution is -2.48. The van der Waals surface area contributed by atoms with Crippen molar-refractivity contribution in [3.63, 3.8) is 0 Å². The van der Waals surface area contributed by atoms with Crippen LogP contribution in [0.4, 0.5) is 5.69 Å². The van der Waals surface area contributed by atoms with Gasteiger partial charge >= 0.3 is 5.97 Å². The quantitative estimate of drug-likeness (QED) is 0.199. The van der Waals surface area contributed by atoms with Crippen LogP contribution in [0.3, 0.4) is 0 Å². The first-order valence-corrected chi connectivity index (χ1v) is 16.4. The zero-order valence-electron chi connectivity index (χ0n) is 23.8. The average molecular weight is 620 g/mol. The lowest BCUT2D eigenvalue weighted by molar-refractivity contribution is -0.146. The van der Waals surface area contributed by atoms with Crippen LogP contribution in [0.2, 0.25) is 5.02 Å². The molecule has 0 saturated carbocycles. The number of hydrogen-bond donors (Lipinski definition) is 0. The summed E-state index contributed by atoms with van der Waals surface area (Å²) in [5.74, 6) is -1.01. The van der Waals surface area contributed by atoms with Gasteiger partial charge in [0.25, 0.3) is 0 Å². The van der Waals surface area contributed by atoms with Crippen molar-refractivity contribution in [3.8, 4) is 0 Å². The van der Waals surface area contributed by atoms with Gasteiger partial charge in [0.05, 0.1) is 17.1 Å². The van der Waals surface area contributed by atoms with E-state index in [2.05, 4.69) is 9.88 Å². The highest BCUT2D eigenvalue weighted by Crippen LogP contribution is 2.25. The van der Waals surface area contributed by atoms with E-state index < -0.39 is 15.8 Å². The van der Waals surface area contributed by atoms with Crippen LogP contribution >= 0.6 is 11.6 Å². The second kappa shape index (κ2) is 14.0. The van der Waals surface area contributed by atoms with E-state index in [4.69, 9.17) is 16.3 Å². The van der Waals surface area contributed by atoms with E-state index in [0.717, 1.165) is 35.1 Å². The van der Waals surface area contributed by atoms with Crippen molar-refractivity contribution in [3.05, 3.63) is 102 Å². The first-order chi connectivity index (χ1) is 20.8. The third-order valence-corrected chi connectivity index (χ3v) is 9.72. The summed E-state index contributed by atoms with van der Waals surface area (Å²) in [5, 5.41) is 2.17. The van der Waals surface area contributed by atoms with Gasteiger partial charge in [0.1, 0.15) is 6.61 Å². The number of rotatable bonds is 11. The van der Waals surface area contributed by atoms with Crippen molar-refractivity contribution in [2.24, 2.45) is 0 Å². The van der Waals surface area contributed by atoms with E-state index in [9.17, 15) is 18.0 Å². The Kier molecular flexibility index (Phi) is 9.94. The topological polar surface area (TPSA) is 96.9 Å². The maximum absolute atomic E-state index is 13.6. The molecule has 0 radical (unpaired) electrons. The van der Waals surface area contributed by atoms with E-state index in [1.165, 1.54) is 0 Å². The predicted molar refractivity (Wildman–Crippen MR) is 168 cm³/mol. The number of pyridine rings is 1. The van der Waals surface area contributed by atoms with Crippen molar-refractivity contribution in [2.75, 3.05) is 30.3 Å². The molecule has 0 unspecified atom stereocenters. The van der Waals surface area contributed by atoms with Crippen LogP contribution in [-0.4, -0.2) is 61.6 Å². The number of nitrogens with zero attached hydrogens (tertiary/aromatic N) is 3. The predicted octanol–water partition coefficient (Wildman–Crippen LogP) is 5.68. The molecule has 0 aliphatic carbocycles. The number of anilines is 1. The number of benzene rings is 3. The first kappa shape index (κ1) is 30.5. The molecule has 1 aliphatic rings. The molecule has 3 aromatic carbocycles. The number of hydrogen-bond acceptors (Lipinski definition) is 7. The fourth-order valence-corrected chi connectivity index (χ4v) is 6.84. The Morgan fingerprint density at radius 2 is 1.60 bits per heavy atom. The summed E-state index contributed by atoms with van der Waals surface area (Å²) < 4.78 is 31.9. The average Bonchev–Trinajstić information content (AvgIpc) is 3.04. The van der Waals surface area contributed by atoms with Gasteiger partial charge < -0.3 is 14.5 Å². The van der Waals surface area contributed by atoms with Crippen molar-refractivity contribution < 1.29 is 22.7 Å². The van der Waals surface area contributed by atoms with Crippen LogP contribution in [0, 0.1) is 0 Å². The Morgan fingerprint density at radius 3 is 2.35 bits per heavy atom. The van der Waals surface area contributed by atoms with Crippen molar-refractivity contribution in [1.29, 1.82) is 0 Å². The molecule has 0 N–H and O–H groups in total. The molecule has 4 aromatic rings. The number of esters is 1. The van der Waals surface area contributed by atoms with Crippen LogP contribution in [-0.2, 0) is 30.8 Å². The largest absolute Gasteiger partial charge is 0.461 e. The first-order valence-electron chi connectivity index (χ1n) is 14.3. The molecular weight excluding hydrogens is 586 g/mol. The second-order valence-electron chi connectivity index (χ2n) is 10.6. The molecule has 10 heteroatoms. The molecule has 5 rings (SSSR count). The fourth-order valence-electron chi connectivity index (χ4n) is 5.39. The van der Waals surface area contributed by atoms with Crippen molar-refractivity contribution in [1.82, 2.24) is 9.88 Å². The minimum atomic E-state index is -3.72. The Hall–Kier alpha value is -3.95. The minimum Gasteiger partial charge on any atom is -0.461 e. The van der Waals surface area contributed by atoms with E-state index in [1.807, 2.05) is 42.5 Å². The molecule has 0 bridgehead atoms. The highest BCUT2D eigenvalue weighted by Gasteiger charge is 2.29. The Morgan fingerprint density at radius 1 is 0.907 bits per heavy atom. The normalized spacial score (nSPS) is 14.0. The van der Waals surface area contributed by atoms with Crippen LogP contribution in [0.5, 0.6) is 0 Å². The second-order valence-corrected chi connectivity index (χ2v) is 13.2. The molecule has 2 heterocycles. The van der Waals surface area contributed by atoms with Crippen molar-refractivity contribution >= 4 is 49.8 Å². The molecule has 1 fully saturated rings. The van der Waals surface area contributed by atoms with Gasteiger partial charge in [-0.3, -0.25) is 14.6 Å². The van der Waals surface area contributed by atoms with Gasteiger partial charge in [0.2, 0.25) is 5.91 Å². The highest BCUT2D eigenvalue weighted by molar-refractivity contribution is 7.91. The highest BCUT2D eigenvalue weighted by atomic mass is 35.5. The van der Waals surface area contributed by atoms with Crippen LogP contribution < -0.4 is 4.90 Å². The molecule has 1 aromatic heterocycles. The van der Waals surface area contributed by atoms with Gasteiger partial charge in [0.15, 0.2) is 9.84 Å². The molecule has 1 amide bonds. The molecule has 1 aliphatic heterocycles. The number of fused-ring (bicyclic) bond motifs is 1. The number of piperidine rings is 1. The third-order valence-electron chi connectivity index (χ3n) is 7.77. The maximum Gasteiger partial charge on any atom is 0.307 e. The lowest BCUT2D eigenvalue weighted by atomic mass is 10.0. The third kappa shape index (κ3) is 8.12. The maximum atomic E-state index is 13.6.